The van der Waals surface area contributed by atoms with Crippen molar-refractivity contribution in [1.29, 1.82) is 0 Å². The summed E-state index contributed by atoms with van der Waals surface area (Å²) in [4.78, 5) is 0. The van der Waals surface area contributed by atoms with Gasteiger partial charge in [-0.25, -0.2) is 70.2 Å². The Kier molecular flexibility index (Phi) is 9.46. The van der Waals surface area contributed by atoms with E-state index in [1.54, 1.807) is 0 Å². The number of epoxide rings is 4. The predicted molar refractivity (Wildman–Crippen MR) is 144 cm³/mol. The minimum absolute atomic E-state index is 0. The summed E-state index contributed by atoms with van der Waals surface area (Å²) in [5, 5.41) is 0. The van der Waals surface area contributed by atoms with Gasteiger partial charge < -0.3 is 18.9 Å². The molecule has 280 valence electrons. The molecule has 4 heterocycles. The number of hydrogen-bond acceptors (Lipinski definition) is 4. The molecule has 4 nitrogen and oxygen atoms in total. The van der Waals surface area contributed by atoms with Crippen molar-refractivity contribution in [2.75, 3.05) is 26.4 Å². The fourth-order valence-corrected chi connectivity index (χ4v) is 7.04. The van der Waals surface area contributed by atoms with Gasteiger partial charge in [0.2, 0.25) is 0 Å². The molecule has 0 saturated carbocycles. The fourth-order valence-electron chi connectivity index (χ4n) is 7.04. The summed E-state index contributed by atoms with van der Waals surface area (Å²) < 4.78 is 277. The Balaban J connectivity index is 0.00000450. The van der Waals surface area contributed by atoms with Crippen molar-refractivity contribution in [3.63, 3.8) is 0 Å². The average Bonchev–Trinajstić information content (AvgIpc) is 3.92. The van der Waals surface area contributed by atoms with Gasteiger partial charge in [0.1, 0.15) is 77.1 Å². The molecule has 4 aliphatic rings. The molecular formula is C32H12BF16NaO4. The van der Waals surface area contributed by atoms with Gasteiger partial charge in [-0.15, -0.1) is 21.9 Å². The summed E-state index contributed by atoms with van der Waals surface area (Å²) in [6.07, 6.45) is -14.1. The molecule has 4 unspecified atom stereocenters. The molecule has 0 aromatic heterocycles. The third-order valence-electron chi connectivity index (χ3n) is 9.68. The molecule has 4 aliphatic heterocycles. The van der Waals surface area contributed by atoms with E-state index in [1.165, 1.54) is 0 Å². The Labute approximate surface area is 312 Å². The van der Waals surface area contributed by atoms with Gasteiger partial charge in [0.15, 0.2) is 46.5 Å². The van der Waals surface area contributed by atoms with Gasteiger partial charge in [0.05, 0.1) is 48.7 Å². The molecule has 54 heavy (non-hydrogen) atoms. The van der Waals surface area contributed by atoms with Crippen molar-refractivity contribution in [1.82, 2.24) is 0 Å². The molecule has 0 amide bonds. The zero-order valence-corrected chi connectivity index (χ0v) is 28.4. The number of benzene rings is 4. The molecular weight excluding hydrogens is 786 g/mol. The zero-order valence-electron chi connectivity index (χ0n) is 26.4. The van der Waals surface area contributed by atoms with E-state index in [0.29, 0.717) is 0 Å². The van der Waals surface area contributed by atoms with Gasteiger partial charge in [0, 0.05) is 0 Å². The van der Waals surface area contributed by atoms with Crippen LogP contribution in [0.15, 0.2) is 0 Å². The second kappa shape index (κ2) is 13.1. The third-order valence-corrected chi connectivity index (χ3v) is 9.68. The van der Waals surface area contributed by atoms with Crippen LogP contribution < -0.4 is 51.4 Å². The predicted octanol–water partition coefficient (Wildman–Crippen LogP) is 2.58. The van der Waals surface area contributed by atoms with Gasteiger partial charge >= 0.3 is 29.6 Å². The van der Waals surface area contributed by atoms with Crippen LogP contribution in [0.3, 0.4) is 0 Å². The molecule has 0 aliphatic carbocycles. The topological polar surface area (TPSA) is 50.1 Å². The van der Waals surface area contributed by atoms with Gasteiger partial charge in [-0.3, -0.25) is 0 Å². The third kappa shape index (κ3) is 5.28. The molecule has 22 heteroatoms. The van der Waals surface area contributed by atoms with Crippen molar-refractivity contribution < 1.29 is 119 Å². The van der Waals surface area contributed by atoms with E-state index in [1.807, 2.05) is 0 Å². The van der Waals surface area contributed by atoms with Gasteiger partial charge in [-0.05, 0) is 0 Å². The largest absolute Gasteiger partial charge is 1.00 e. The van der Waals surface area contributed by atoms with Gasteiger partial charge in [0.25, 0.3) is 0 Å². The molecule has 8 rings (SSSR count). The smallest absolute Gasteiger partial charge is 0.368 e. The van der Waals surface area contributed by atoms with E-state index < -0.39 is 194 Å². The van der Waals surface area contributed by atoms with E-state index in [2.05, 4.69) is 18.9 Å². The van der Waals surface area contributed by atoms with Crippen molar-refractivity contribution >= 4 is 28.0 Å². The van der Waals surface area contributed by atoms with Crippen LogP contribution in [-0.2, 0) is 18.9 Å². The number of halogens is 16. The summed E-state index contributed by atoms with van der Waals surface area (Å²) in [7, 11) is 0. The van der Waals surface area contributed by atoms with Crippen molar-refractivity contribution in [3.8, 4) is 0 Å². The first-order valence-corrected chi connectivity index (χ1v) is 15.1. The van der Waals surface area contributed by atoms with Gasteiger partial charge in [-0.1, -0.05) is 0 Å². The Morgan fingerprint density at radius 1 is 0.278 bits per heavy atom. The molecule has 4 fully saturated rings. The number of ether oxygens (including phenoxy) is 4. The van der Waals surface area contributed by atoms with Crippen LogP contribution in [0.1, 0.15) is 46.7 Å². The second-order valence-corrected chi connectivity index (χ2v) is 12.5. The van der Waals surface area contributed by atoms with E-state index in [9.17, 15) is 0 Å². The molecule has 4 atom stereocenters. The number of rotatable bonds is 8. The maximum atomic E-state index is 16.5. The van der Waals surface area contributed by atoms with E-state index >= 15 is 70.2 Å². The molecule has 0 radical (unpaired) electrons. The van der Waals surface area contributed by atoms with Crippen LogP contribution in [0.5, 0.6) is 0 Å². The minimum Gasteiger partial charge on any atom is -0.368 e. The molecule has 4 aromatic rings. The Bertz CT molecular complexity index is 1890. The van der Waals surface area contributed by atoms with Crippen molar-refractivity contribution in [2.45, 2.75) is 24.4 Å². The van der Waals surface area contributed by atoms with Crippen LogP contribution in [-0.4, -0.2) is 32.6 Å². The van der Waals surface area contributed by atoms with Crippen LogP contribution in [0, 0.1) is 93.1 Å². The normalized spacial score (nSPS) is 22.2. The first-order chi connectivity index (χ1) is 25.0. The number of hydrogen-bond donors (Lipinski definition) is 0. The average molecular weight is 798 g/mol. The summed E-state index contributed by atoms with van der Waals surface area (Å²) in [5.41, 5.74) is -18.9. The van der Waals surface area contributed by atoms with Crippen LogP contribution in [0.25, 0.3) is 0 Å². The SMILES string of the molecule is Fc1c(F)c([B-](c2c(F)c(F)c(C3CO3)c(F)c2F)(c2c(F)c(F)c(C3CO3)c(F)c2F)c2c(F)c(F)c(C3CO3)c(F)c2F)c(F)c(F)c1C1CO1.[Na+]. The van der Waals surface area contributed by atoms with Crippen LogP contribution in [0.2, 0.25) is 0 Å². The molecule has 0 bridgehead atoms. The second-order valence-electron chi connectivity index (χ2n) is 12.5. The summed E-state index contributed by atoms with van der Waals surface area (Å²) in [6, 6.07) is 0. The Hall–Kier alpha value is -3.34. The first kappa shape index (κ1) is 38.9. The molecule has 0 spiro atoms. The van der Waals surface area contributed by atoms with E-state index in [-0.39, 0.29) is 29.6 Å². The van der Waals surface area contributed by atoms with Crippen molar-refractivity contribution in [2.24, 2.45) is 0 Å². The van der Waals surface area contributed by atoms with E-state index in [0.717, 1.165) is 0 Å². The minimum atomic E-state index is -6.72. The summed E-state index contributed by atoms with van der Waals surface area (Å²) >= 11 is 0. The zero-order chi connectivity index (χ0) is 38.3. The first-order valence-electron chi connectivity index (χ1n) is 15.1. The summed E-state index contributed by atoms with van der Waals surface area (Å²) in [5.74, 6) is -46.6. The Morgan fingerprint density at radius 3 is 0.519 bits per heavy atom. The molecule has 0 N–H and O–H groups in total. The van der Waals surface area contributed by atoms with Crippen LogP contribution >= 0.6 is 0 Å². The molecule has 4 saturated heterocycles. The van der Waals surface area contributed by atoms with Gasteiger partial charge in [-0.2, -0.15) is 0 Å². The maximum absolute atomic E-state index is 16.5. The fraction of sp³-hybridized carbons (Fsp3) is 0.250. The van der Waals surface area contributed by atoms with E-state index in [4.69, 9.17) is 0 Å². The maximum Gasteiger partial charge on any atom is 1.00 e. The standard InChI is InChI=1S/C32H12BF16O4.Na/c34-17-9(5-1-50-5)18(35)26(43)13(25(17)42)33(14-27(44)19(36)10(6-2-51-6)20(37)28(14)45,15-29(46)21(38)11(7-3-52-7)22(39)30(15)47)16-31(48)23(40)12(8-4-53-8)24(41)32(16)49;/h5-8H,1-4H2;/q-1;+1. The van der Waals surface area contributed by atoms with Crippen molar-refractivity contribution in [3.05, 3.63) is 115 Å². The van der Waals surface area contributed by atoms with Crippen LogP contribution in [0.4, 0.5) is 70.2 Å². The molecule has 4 aromatic carbocycles. The quantitative estimate of drug-likeness (QED) is 0.119. The summed E-state index contributed by atoms with van der Waals surface area (Å²) in [6.45, 7) is -2.66. The monoisotopic (exact) mass is 798 g/mol. The Morgan fingerprint density at radius 2 is 0.407 bits per heavy atom.